The van der Waals surface area contributed by atoms with E-state index < -0.39 is 0 Å². The average molecular weight is 473 g/mol. The Labute approximate surface area is 215 Å². The van der Waals surface area contributed by atoms with Crippen molar-refractivity contribution in [1.29, 1.82) is 0 Å². The first-order valence-corrected chi connectivity index (χ1v) is 12.8. The summed E-state index contributed by atoms with van der Waals surface area (Å²) in [6.45, 7) is 4.71. The van der Waals surface area contributed by atoms with Gasteiger partial charge in [0.25, 0.3) is 0 Å². The van der Waals surface area contributed by atoms with Gasteiger partial charge in [-0.05, 0) is 84.4 Å². The van der Waals surface area contributed by atoms with Crippen molar-refractivity contribution in [2.24, 2.45) is 0 Å². The summed E-state index contributed by atoms with van der Waals surface area (Å²) < 4.78 is 0. The zero-order valence-electron chi connectivity index (χ0n) is 20.8. The van der Waals surface area contributed by atoms with E-state index in [0.717, 1.165) is 16.8 Å². The predicted octanol–water partition coefficient (Wildman–Crippen LogP) is 9.01. The maximum atomic E-state index is 4.78. The highest BCUT2D eigenvalue weighted by Crippen LogP contribution is 2.53. The van der Waals surface area contributed by atoms with E-state index in [1.807, 2.05) is 24.5 Å². The lowest BCUT2D eigenvalue weighted by Gasteiger charge is -2.23. The van der Waals surface area contributed by atoms with Crippen LogP contribution in [0.2, 0.25) is 0 Å². The highest BCUT2D eigenvalue weighted by Gasteiger charge is 2.36. The second kappa shape index (κ2) is 7.24. The van der Waals surface area contributed by atoms with Gasteiger partial charge in [0.15, 0.2) is 0 Å². The lowest BCUT2D eigenvalue weighted by atomic mass is 9.80. The fraction of sp³-hybridized carbons (Fsp3) is 0.0857. The van der Waals surface area contributed by atoms with E-state index >= 15 is 0 Å². The van der Waals surface area contributed by atoms with Gasteiger partial charge >= 0.3 is 0 Å². The van der Waals surface area contributed by atoms with Crippen molar-refractivity contribution in [1.82, 2.24) is 9.97 Å². The van der Waals surface area contributed by atoms with Crippen LogP contribution in [-0.2, 0) is 5.41 Å². The van der Waals surface area contributed by atoms with Crippen molar-refractivity contribution in [2.75, 3.05) is 0 Å². The standard InChI is InChI=1S/C35H24N2/c1-35(2)29-8-4-3-7-27(29)34-28-15-10-21-9-13-25(26-14-11-22(18-30(34)35)33(28)32(21)26)23-12-16-31(37-20-23)24-6-5-17-36-19-24/h3-20H,1-2H3. The maximum Gasteiger partial charge on any atom is 0.0717 e. The van der Waals surface area contributed by atoms with E-state index in [4.69, 9.17) is 4.98 Å². The van der Waals surface area contributed by atoms with E-state index in [0.29, 0.717) is 0 Å². The smallest absolute Gasteiger partial charge is 0.0717 e. The number of rotatable bonds is 2. The Hall–Kier alpha value is -4.56. The van der Waals surface area contributed by atoms with Crippen LogP contribution in [0.25, 0.3) is 65.8 Å². The van der Waals surface area contributed by atoms with Crippen LogP contribution in [0.4, 0.5) is 0 Å². The molecule has 0 amide bonds. The van der Waals surface area contributed by atoms with Crippen LogP contribution in [0.15, 0.2) is 110 Å². The minimum atomic E-state index is -0.0107. The molecule has 2 heteroatoms. The molecule has 0 fully saturated rings. The molecule has 2 aromatic heterocycles. The molecule has 0 atom stereocenters. The van der Waals surface area contributed by atoms with Crippen molar-refractivity contribution in [3.05, 3.63) is 121 Å². The zero-order valence-corrected chi connectivity index (χ0v) is 20.8. The summed E-state index contributed by atoms with van der Waals surface area (Å²) in [4.78, 5) is 9.02. The fourth-order valence-electron chi connectivity index (χ4n) is 6.54. The van der Waals surface area contributed by atoms with Crippen LogP contribution in [0.3, 0.4) is 0 Å². The Morgan fingerprint density at radius 1 is 0.595 bits per heavy atom. The first kappa shape index (κ1) is 20.6. The second-order valence-electron chi connectivity index (χ2n) is 10.7. The molecule has 5 aromatic carbocycles. The number of benzene rings is 5. The van der Waals surface area contributed by atoms with Gasteiger partial charge < -0.3 is 0 Å². The summed E-state index contributed by atoms with van der Waals surface area (Å²) in [6.07, 6.45) is 5.64. The predicted molar refractivity (Wildman–Crippen MR) is 154 cm³/mol. The van der Waals surface area contributed by atoms with Gasteiger partial charge in [-0.2, -0.15) is 0 Å². The Morgan fingerprint density at radius 3 is 2.24 bits per heavy atom. The Kier molecular flexibility index (Phi) is 4.03. The van der Waals surface area contributed by atoms with Crippen LogP contribution in [-0.4, -0.2) is 9.97 Å². The largest absolute Gasteiger partial charge is 0.264 e. The maximum absolute atomic E-state index is 4.78. The van der Waals surface area contributed by atoms with Gasteiger partial charge in [0.05, 0.1) is 5.69 Å². The van der Waals surface area contributed by atoms with Crippen LogP contribution in [0.5, 0.6) is 0 Å². The summed E-state index contributed by atoms with van der Waals surface area (Å²) in [5.74, 6) is 0. The number of pyridine rings is 2. The van der Waals surface area contributed by atoms with Gasteiger partial charge in [-0.25, -0.2) is 0 Å². The number of nitrogens with zero attached hydrogens (tertiary/aromatic N) is 2. The number of hydrogen-bond acceptors (Lipinski definition) is 2. The third-order valence-electron chi connectivity index (χ3n) is 8.36. The molecule has 1 aliphatic carbocycles. The van der Waals surface area contributed by atoms with Gasteiger partial charge in [0, 0.05) is 35.1 Å². The molecular formula is C35H24N2. The molecule has 0 saturated heterocycles. The summed E-state index contributed by atoms with van der Waals surface area (Å²) in [5.41, 5.74) is 9.91. The molecule has 2 heterocycles. The molecule has 37 heavy (non-hydrogen) atoms. The number of hydrogen-bond donors (Lipinski definition) is 0. The topological polar surface area (TPSA) is 25.8 Å². The SMILES string of the molecule is CC1(C)c2ccccc2-c2c1cc1ccc3c(-c4ccc(-c5cccnc5)nc4)ccc4ccc2c1c43. The summed E-state index contributed by atoms with van der Waals surface area (Å²) in [7, 11) is 0. The number of aromatic nitrogens is 2. The molecule has 0 bridgehead atoms. The Morgan fingerprint density at radius 2 is 1.41 bits per heavy atom. The molecule has 0 spiro atoms. The molecule has 0 N–H and O–H groups in total. The molecule has 0 saturated carbocycles. The second-order valence-corrected chi connectivity index (χ2v) is 10.7. The minimum absolute atomic E-state index is 0.0107. The van der Waals surface area contributed by atoms with E-state index in [2.05, 4.69) is 97.7 Å². The molecule has 0 aliphatic heterocycles. The molecule has 0 radical (unpaired) electrons. The Balaban J connectivity index is 1.39. The first-order chi connectivity index (χ1) is 18.1. The van der Waals surface area contributed by atoms with E-state index in [-0.39, 0.29) is 5.41 Å². The molecular weight excluding hydrogens is 448 g/mol. The first-order valence-electron chi connectivity index (χ1n) is 12.8. The Bertz CT molecular complexity index is 1980. The minimum Gasteiger partial charge on any atom is -0.264 e. The van der Waals surface area contributed by atoms with Crippen molar-refractivity contribution in [3.63, 3.8) is 0 Å². The van der Waals surface area contributed by atoms with Crippen molar-refractivity contribution >= 4 is 32.3 Å². The van der Waals surface area contributed by atoms with Gasteiger partial charge in [0.2, 0.25) is 0 Å². The van der Waals surface area contributed by atoms with E-state index in [1.54, 1.807) is 6.20 Å². The highest BCUT2D eigenvalue weighted by atomic mass is 14.7. The van der Waals surface area contributed by atoms with E-state index in [1.165, 1.54) is 60.1 Å². The van der Waals surface area contributed by atoms with Crippen LogP contribution in [0.1, 0.15) is 25.0 Å². The van der Waals surface area contributed by atoms with E-state index in [9.17, 15) is 0 Å². The molecule has 7 aromatic rings. The molecule has 1 aliphatic rings. The monoisotopic (exact) mass is 472 g/mol. The van der Waals surface area contributed by atoms with Crippen LogP contribution < -0.4 is 0 Å². The third kappa shape index (κ3) is 2.76. The average Bonchev–Trinajstić information content (AvgIpc) is 3.18. The lowest BCUT2D eigenvalue weighted by Crippen LogP contribution is -2.14. The quantitative estimate of drug-likeness (QED) is 0.235. The van der Waals surface area contributed by atoms with Gasteiger partial charge in [-0.1, -0.05) is 80.6 Å². The number of fused-ring (bicyclic) bond motifs is 4. The van der Waals surface area contributed by atoms with Crippen molar-refractivity contribution in [2.45, 2.75) is 19.3 Å². The van der Waals surface area contributed by atoms with Crippen LogP contribution >= 0.6 is 0 Å². The van der Waals surface area contributed by atoms with Crippen LogP contribution in [0, 0.1) is 0 Å². The van der Waals surface area contributed by atoms with Crippen molar-refractivity contribution in [3.8, 4) is 33.5 Å². The zero-order chi connectivity index (χ0) is 24.7. The fourth-order valence-corrected chi connectivity index (χ4v) is 6.54. The molecule has 2 nitrogen and oxygen atoms in total. The summed E-state index contributed by atoms with van der Waals surface area (Å²) in [6, 6.07) is 33.4. The molecule has 174 valence electrons. The summed E-state index contributed by atoms with van der Waals surface area (Å²) in [5, 5.41) is 7.93. The van der Waals surface area contributed by atoms with Gasteiger partial charge in [-0.3, -0.25) is 9.97 Å². The van der Waals surface area contributed by atoms with Gasteiger partial charge in [0.1, 0.15) is 0 Å². The normalized spacial score (nSPS) is 13.9. The molecule has 0 unspecified atom stereocenters. The molecule has 8 rings (SSSR count). The third-order valence-corrected chi connectivity index (χ3v) is 8.36. The van der Waals surface area contributed by atoms with Crippen molar-refractivity contribution < 1.29 is 0 Å². The highest BCUT2D eigenvalue weighted by molar-refractivity contribution is 6.28. The lowest BCUT2D eigenvalue weighted by molar-refractivity contribution is 0.661. The summed E-state index contributed by atoms with van der Waals surface area (Å²) >= 11 is 0. The van der Waals surface area contributed by atoms with Gasteiger partial charge in [-0.15, -0.1) is 0 Å².